The highest BCUT2D eigenvalue weighted by atomic mass is 16.5. The molecule has 0 fully saturated rings. The van der Waals surface area contributed by atoms with Gasteiger partial charge in [-0.1, -0.05) is 13.8 Å². The smallest absolute Gasteiger partial charge is 0.0700 e. The van der Waals surface area contributed by atoms with E-state index in [-0.39, 0.29) is 0 Å². The number of ether oxygens (including phenoxy) is 2. The molecule has 0 spiro atoms. The minimum Gasteiger partial charge on any atom is -0.382 e. The summed E-state index contributed by atoms with van der Waals surface area (Å²) in [6.07, 6.45) is 3.31. The van der Waals surface area contributed by atoms with E-state index in [0.29, 0.717) is 25.2 Å². The van der Waals surface area contributed by atoms with Crippen LogP contribution < -0.4 is 5.73 Å². The number of hydrogen-bond donors (Lipinski definition) is 1. The first-order chi connectivity index (χ1) is 6.72. The predicted molar refractivity (Wildman–Crippen MR) is 59.4 cm³/mol. The van der Waals surface area contributed by atoms with Gasteiger partial charge in [0.05, 0.1) is 13.2 Å². The zero-order chi connectivity index (χ0) is 10.8. The molecular weight excluding hydrogens is 178 g/mol. The second kappa shape index (κ2) is 9.44. The lowest BCUT2D eigenvalue weighted by atomic mass is 9.96. The molecule has 0 bridgehead atoms. The van der Waals surface area contributed by atoms with E-state index in [4.69, 9.17) is 15.2 Å². The number of methoxy groups -OCH3 is 1. The second-order valence-electron chi connectivity index (χ2n) is 3.80. The van der Waals surface area contributed by atoms with Crippen molar-refractivity contribution < 1.29 is 9.47 Å². The molecule has 0 radical (unpaired) electrons. The van der Waals surface area contributed by atoms with Gasteiger partial charge in [0.2, 0.25) is 0 Å². The van der Waals surface area contributed by atoms with Gasteiger partial charge in [-0.25, -0.2) is 0 Å². The summed E-state index contributed by atoms with van der Waals surface area (Å²) in [7, 11) is 1.69. The molecule has 0 rings (SSSR count). The first-order valence-corrected chi connectivity index (χ1v) is 5.54. The van der Waals surface area contributed by atoms with E-state index in [9.17, 15) is 0 Å². The predicted octanol–water partition coefficient (Wildman–Crippen LogP) is 1.80. The minimum absolute atomic E-state index is 0.342. The first-order valence-electron chi connectivity index (χ1n) is 5.54. The molecule has 0 aromatic rings. The molecule has 0 saturated heterocycles. The molecule has 0 amide bonds. The van der Waals surface area contributed by atoms with Crippen LogP contribution in [0, 0.1) is 5.92 Å². The van der Waals surface area contributed by atoms with Crippen LogP contribution in [-0.2, 0) is 9.47 Å². The molecular formula is C11H25NO2. The van der Waals surface area contributed by atoms with Crippen molar-refractivity contribution in [2.24, 2.45) is 11.7 Å². The standard InChI is InChI=1S/C11H25NO2/c1-4-11(12)10(2)6-5-7-14-9-8-13-3/h10-11H,4-9,12H2,1-3H3. The van der Waals surface area contributed by atoms with E-state index in [2.05, 4.69) is 13.8 Å². The largest absolute Gasteiger partial charge is 0.382 e. The van der Waals surface area contributed by atoms with Crippen molar-refractivity contribution >= 4 is 0 Å². The minimum atomic E-state index is 0.342. The van der Waals surface area contributed by atoms with E-state index in [1.807, 2.05) is 0 Å². The van der Waals surface area contributed by atoms with Gasteiger partial charge in [0.25, 0.3) is 0 Å². The van der Waals surface area contributed by atoms with Gasteiger partial charge in [0.1, 0.15) is 0 Å². The molecule has 14 heavy (non-hydrogen) atoms. The van der Waals surface area contributed by atoms with Gasteiger partial charge in [-0.3, -0.25) is 0 Å². The molecule has 0 aromatic heterocycles. The van der Waals surface area contributed by atoms with Crippen molar-refractivity contribution in [3.05, 3.63) is 0 Å². The average Bonchev–Trinajstić information content (AvgIpc) is 2.21. The zero-order valence-corrected chi connectivity index (χ0v) is 9.79. The molecule has 0 aliphatic rings. The van der Waals surface area contributed by atoms with Crippen LogP contribution >= 0.6 is 0 Å². The summed E-state index contributed by atoms with van der Waals surface area (Å²) in [6, 6.07) is 0.342. The molecule has 86 valence electrons. The summed E-state index contributed by atoms with van der Waals surface area (Å²) in [5, 5.41) is 0. The molecule has 3 nitrogen and oxygen atoms in total. The lowest BCUT2D eigenvalue weighted by Crippen LogP contribution is -2.27. The highest BCUT2D eigenvalue weighted by Gasteiger charge is 2.09. The summed E-state index contributed by atoms with van der Waals surface area (Å²) in [6.45, 7) is 6.55. The second-order valence-corrected chi connectivity index (χ2v) is 3.80. The Morgan fingerprint density at radius 3 is 2.50 bits per heavy atom. The van der Waals surface area contributed by atoms with Crippen LogP contribution in [0.2, 0.25) is 0 Å². The Kier molecular flexibility index (Phi) is 9.35. The Hall–Kier alpha value is -0.120. The normalized spacial score (nSPS) is 15.4. The maximum Gasteiger partial charge on any atom is 0.0700 e. The fraction of sp³-hybridized carbons (Fsp3) is 1.00. The van der Waals surface area contributed by atoms with Crippen LogP contribution in [-0.4, -0.2) is 33.0 Å². The summed E-state index contributed by atoms with van der Waals surface area (Å²) >= 11 is 0. The van der Waals surface area contributed by atoms with Crippen LogP contribution in [0.1, 0.15) is 33.1 Å². The van der Waals surface area contributed by atoms with E-state index >= 15 is 0 Å². The molecule has 0 aliphatic carbocycles. The lowest BCUT2D eigenvalue weighted by molar-refractivity contribution is 0.0670. The van der Waals surface area contributed by atoms with E-state index in [1.54, 1.807) is 7.11 Å². The first kappa shape index (κ1) is 13.9. The number of hydrogen-bond acceptors (Lipinski definition) is 3. The van der Waals surface area contributed by atoms with Crippen molar-refractivity contribution in [3.8, 4) is 0 Å². The number of rotatable bonds is 9. The topological polar surface area (TPSA) is 44.5 Å². The van der Waals surface area contributed by atoms with Crippen molar-refractivity contribution in [1.82, 2.24) is 0 Å². The third-order valence-electron chi connectivity index (χ3n) is 2.58. The van der Waals surface area contributed by atoms with E-state index in [1.165, 1.54) is 0 Å². The molecule has 3 heteroatoms. The fourth-order valence-corrected chi connectivity index (χ4v) is 1.37. The molecule has 0 aromatic carbocycles. The van der Waals surface area contributed by atoms with Gasteiger partial charge < -0.3 is 15.2 Å². The zero-order valence-electron chi connectivity index (χ0n) is 9.79. The Morgan fingerprint density at radius 1 is 1.21 bits per heavy atom. The van der Waals surface area contributed by atoms with Crippen LogP contribution in [0.25, 0.3) is 0 Å². The maximum absolute atomic E-state index is 5.92. The summed E-state index contributed by atoms with van der Waals surface area (Å²) in [5.41, 5.74) is 5.92. The molecule has 0 aliphatic heterocycles. The van der Waals surface area contributed by atoms with Gasteiger partial charge in [0.15, 0.2) is 0 Å². The molecule has 2 atom stereocenters. The molecule has 2 unspecified atom stereocenters. The lowest BCUT2D eigenvalue weighted by Gasteiger charge is -2.17. The fourth-order valence-electron chi connectivity index (χ4n) is 1.37. The van der Waals surface area contributed by atoms with Gasteiger partial charge >= 0.3 is 0 Å². The van der Waals surface area contributed by atoms with Gasteiger partial charge in [0, 0.05) is 19.8 Å². The van der Waals surface area contributed by atoms with Crippen molar-refractivity contribution in [3.63, 3.8) is 0 Å². The Labute approximate surface area is 88.0 Å². The highest BCUT2D eigenvalue weighted by Crippen LogP contribution is 2.11. The van der Waals surface area contributed by atoms with Crippen molar-refractivity contribution in [1.29, 1.82) is 0 Å². The van der Waals surface area contributed by atoms with Crippen LogP contribution in [0.4, 0.5) is 0 Å². The van der Waals surface area contributed by atoms with Gasteiger partial charge in [-0.05, 0) is 25.2 Å². The van der Waals surface area contributed by atoms with Gasteiger partial charge in [-0.2, -0.15) is 0 Å². The van der Waals surface area contributed by atoms with E-state index < -0.39 is 0 Å². The third-order valence-corrected chi connectivity index (χ3v) is 2.58. The van der Waals surface area contributed by atoms with Crippen molar-refractivity contribution in [2.45, 2.75) is 39.2 Å². The summed E-state index contributed by atoms with van der Waals surface area (Å²) in [4.78, 5) is 0. The average molecular weight is 203 g/mol. The highest BCUT2D eigenvalue weighted by molar-refractivity contribution is 4.66. The van der Waals surface area contributed by atoms with Gasteiger partial charge in [-0.15, -0.1) is 0 Å². The quantitative estimate of drug-likeness (QED) is 0.581. The molecule has 2 N–H and O–H groups in total. The summed E-state index contributed by atoms with van der Waals surface area (Å²) in [5.74, 6) is 0.603. The van der Waals surface area contributed by atoms with Crippen molar-refractivity contribution in [2.75, 3.05) is 26.9 Å². The summed E-state index contributed by atoms with van der Waals surface area (Å²) < 4.78 is 10.3. The number of nitrogens with two attached hydrogens (primary N) is 1. The Bertz CT molecular complexity index is 120. The van der Waals surface area contributed by atoms with Crippen LogP contribution in [0.5, 0.6) is 0 Å². The maximum atomic E-state index is 5.92. The SMILES string of the molecule is CCC(N)C(C)CCCOCCOC. The molecule has 0 heterocycles. The monoisotopic (exact) mass is 203 g/mol. The molecule has 0 saturated carbocycles. The van der Waals surface area contributed by atoms with Crippen LogP contribution in [0.3, 0.4) is 0 Å². The van der Waals surface area contributed by atoms with Crippen LogP contribution in [0.15, 0.2) is 0 Å². The van der Waals surface area contributed by atoms with E-state index in [0.717, 1.165) is 25.9 Å². The third kappa shape index (κ3) is 7.30. The Balaban J connectivity index is 3.18. The Morgan fingerprint density at radius 2 is 1.93 bits per heavy atom.